The van der Waals surface area contributed by atoms with E-state index in [1.165, 1.54) is 17.4 Å². The Morgan fingerprint density at radius 1 is 1.19 bits per heavy atom. The van der Waals surface area contributed by atoms with Crippen molar-refractivity contribution in [2.24, 2.45) is 0 Å². The monoisotopic (exact) mass is 386 g/mol. The number of nitrogens with one attached hydrogen (secondary N) is 1. The van der Waals surface area contributed by atoms with Crippen molar-refractivity contribution in [3.05, 3.63) is 64.5 Å². The molecule has 0 atom stereocenters. The van der Waals surface area contributed by atoms with Crippen molar-refractivity contribution >= 4 is 22.4 Å². The smallest absolute Gasteiger partial charge is 0.226 e. The number of nitrogens with zero attached hydrogens (tertiary/aromatic N) is 1. The van der Waals surface area contributed by atoms with Gasteiger partial charge in [-0.1, -0.05) is 6.07 Å². The van der Waals surface area contributed by atoms with Gasteiger partial charge in [0.2, 0.25) is 5.91 Å². The number of amides is 1. The van der Waals surface area contributed by atoms with Gasteiger partial charge < -0.3 is 10.1 Å². The summed E-state index contributed by atoms with van der Waals surface area (Å²) in [6.07, 6.45) is 1.38. The molecular weight excluding hydrogens is 370 g/mol. The van der Waals surface area contributed by atoms with Gasteiger partial charge in [0.25, 0.3) is 0 Å². The first-order valence-corrected chi connectivity index (χ1v) is 9.42. The summed E-state index contributed by atoms with van der Waals surface area (Å²) in [6, 6.07) is 9.61. The zero-order valence-corrected chi connectivity index (χ0v) is 15.1. The van der Waals surface area contributed by atoms with Crippen LogP contribution in [-0.4, -0.2) is 17.5 Å². The number of hydrogen-bond donors (Lipinski definition) is 1. The van der Waals surface area contributed by atoms with E-state index < -0.39 is 11.6 Å². The molecule has 4 rings (SSSR count). The number of hydrogen-bond acceptors (Lipinski definition) is 4. The van der Waals surface area contributed by atoms with E-state index in [1.807, 2.05) is 17.5 Å². The molecule has 1 N–H and O–H groups in total. The van der Waals surface area contributed by atoms with Gasteiger partial charge in [0.15, 0.2) is 16.8 Å². The van der Waals surface area contributed by atoms with E-state index in [0.29, 0.717) is 23.7 Å². The standard InChI is InChI=1S/C20H16F2N2O2S/c21-15-4-1-12(9-16(15)22)2-6-19(25)24-20-23-17(11-27-20)13-3-5-18-14(10-13)7-8-26-18/h1,3-5,9-11H,2,6-8H2,(H,23,24,25). The Labute approximate surface area is 158 Å². The van der Waals surface area contributed by atoms with Crippen LogP contribution in [0.25, 0.3) is 11.3 Å². The second-order valence-electron chi connectivity index (χ2n) is 6.26. The molecule has 0 saturated heterocycles. The molecule has 4 nitrogen and oxygen atoms in total. The van der Waals surface area contributed by atoms with E-state index in [1.54, 1.807) is 0 Å². The fraction of sp³-hybridized carbons (Fsp3) is 0.200. The zero-order valence-electron chi connectivity index (χ0n) is 14.3. The van der Waals surface area contributed by atoms with Gasteiger partial charge >= 0.3 is 0 Å². The van der Waals surface area contributed by atoms with Crippen molar-refractivity contribution < 1.29 is 18.3 Å². The molecule has 7 heteroatoms. The first-order chi connectivity index (χ1) is 13.1. The van der Waals surface area contributed by atoms with Gasteiger partial charge in [-0.2, -0.15) is 0 Å². The molecule has 1 aromatic heterocycles. The maximum atomic E-state index is 13.2. The Bertz CT molecular complexity index is 1000. The molecular formula is C20H16F2N2O2S. The number of carbonyl (C=O) groups is 1. The minimum absolute atomic E-state index is 0.163. The van der Waals surface area contributed by atoms with E-state index in [2.05, 4.69) is 16.4 Å². The van der Waals surface area contributed by atoms with Crippen LogP contribution in [0.1, 0.15) is 17.5 Å². The topological polar surface area (TPSA) is 51.2 Å². The van der Waals surface area contributed by atoms with Gasteiger partial charge in [0.1, 0.15) is 5.75 Å². The second kappa shape index (κ2) is 7.44. The number of carbonyl (C=O) groups excluding carboxylic acids is 1. The molecule has 0 spiro atoms. The largest absolute Gasteiger partial charge is 0.493 e. The van der Waals surface area contributed by atoms with Crippen LogP contribution in [0.15, 0.2) is 41.8 Å². The fourth-order valence-electron chi connectivity index (χ4n) is 2.94. The molecule has 0 unspecified atom stereocenters. The number of aromatic nitrogens is 1. The molecule has 1 aliphatic rings. The lowest BCUT2D eigenvalue weighted by molar-refractivity contribution is -0.116. The van der Waals surface area contributed by atoms with Gasteiger partial charge in [-0.05, 0) is 47.9 Å². The number of thiazole rings is 1. The lowest BCUT2D eigenvalue weighted by Gasteiger charge is -2.03. The minimum Gasteiger partial charge on any atom is -0.493 e. The highest BCUT2D eigenvalue weighted by Gasteiger charge is 2.14. The van der Waals surface area contributed by atoms with Crippen molar-refractivity contribution in [2.45, 2.75) is 19.3 Å². The lowest BCUT2D eigenvalue weighted by atomic mass is 10.1. The van der Waals surface area contributed by atoms with Crippen molar-refractivity contribution in [1.29, 1.82) is 0 Å². The number of benzene rings is 2. The molecule has 2 heterocycles. The molecule has 2 aromatic carbocycles. The Balaban J connectivity index is 1.37. The molecule has 0 saturated carbocycles. The molecule has 0 bridgehead atoms. The number of aryl methyl sites for hydroxylation is 1. The van der Waals surface area contributed by atoms with Crippen molar-refractivity contribution in [3.63, 3.8) is 0 Å². The van der Waals surface area contributed by atoms with Crippen LogP contribution < -0.4 is 10.1 Å². The summed E-state index contributed by atoms with van der Waals surface area (Å²) < 4.78 is 31.6. The summed E-state index contributed by atoms with van der Waals surface area (Å²) in [5.41, 5.74) is 3.52. The summed E-state index contributed by atoms with van der Waals surface area (Å²) in [5.74, 6) is -1.10. The van der Waals surface area contributed by atoms with Crippen LogP contribution in [0.2, 0.25) is 0 Å². The third kappa shape index (κ3) is 3.98. The van der Waals surface area contributed by atoms with E-state index in [-0.39, 0.29) is 12.3 Å². The maximum absolute atomic E-state index is 13.2. The average molecular weight is 386 g/mol. The Hall–Kier alpha value is -2.80. The van der Waals surface area contributed by atoms with Crippen LogP contribution in [0, 0.1) is 11.6 Å². The average Bonchev–Trinajstić information content (AvgIpc) is 3.31. The van der Waals surface area contributed by atoms with Crippen LogP contribution in [0.3, 0.4) is 0 Å². The van der Waals surface area contributed by atoms with Gasteiger partial charge in [-0.25, -0.2) is 13.8 Å². The Morgan fingerprint density at radius 3 is 2.93 bits per heavy atom. The van der Waals surface area contributed by atoms with E-state index in [4.69, 9.17) is 4.74 Å². The molecule has 0 fully saturated rings. The third-order valence-electron chi connectivity index (χ3n) is 4.36. The highest BCUT2D eigenvalue weighted by atomic mass is 32.1. The van der Waals surface area contributed by atoms with E-state index in [9.17, 15) is 13.6 Å². The van der Waals surface area contributed by atoms with Crippen LogP contribution in [0.5, 0.6) is 5.75 Å². The number of halogens is 2. The molecule has 3 aromatic rings. The zero-order chi connectivity index (χ0) is 18.8. The van der Waals surface area contributed by atoms with Gasteiger partial charge in [0, 0.05) is 23.8 Å². The first-order valence-electron chi connectivity index (χ1n) is 8.54. The highest BCUT2D eigenvalue weighted by Crippen LogP contribution is 2.32. The van der Waals surface area contributed by atoms with Crippen molar-refractivity contribution in [3.8, 4) is 17.0 Å². The number of anilines is 1. The van der Waals surface area contributed by atoms with Crippen LogP contribution >= 0.6 is 11.3 Å². The Morgan fingerprint density at radius 2 is 2.07 bits per heavy atom. The van der Waals surface area contributed by atoms with E-state index in [0.717, 1.165) is 41.1 Å². The third-order valence-corrected chi connectivity index (χ3v) is 5.12. The maximum Gasteiger partial charge on any atom is 0.226 e. The van der Waals surface area contributed by atoms with Crippen LogP contribution in [-0.2, 0) is 17.6 Å². The summed E-state index contributed by atoms with van der Waals surface area (Å²) in [4.78, 5) is 16.6. The Kier molecular flexibility index (Phi) is 4.85. The van der Waals surface area contributed by atoms with E-state index >= 15 is 0 Å². The molecule has 27 heavy (non-hydrogen) atoms. The summed E-state index contributed by atoms with van der Waals surface area (Å²) in [6.45, 7) is 0.703. The van der Waals surface area contributed by atoms with Crippen LogP contribution in [0.4, 0.5) is 13.9 Å². The lowest BCUT2D eigenvalue weighted by Crippen LogP contribution is -2.12. The fourth-order valence-corrected chi connectivity index (χ4v) is 3.68. The minimum atomic E-state index is -0.905. The highest BCUT2D eigenvalue weighted by molar-refractivity contribution is 7.14. The molecule has 1 aliphatic heterocycles. The summed E-state index contributed by atoms with van der Waals surface area (Å²) >= 11 is 1.35. The number of rotatable bonds is 5. The summed E-state index contributed by atoms with van der Waals surface area (Å²) in [7, 11) is 0. The number of fused-ring (bicyclic) bond motifs is 1. The molecule has 1 amide bonds. The predicted molar refractivity (Wildman–Crippen MR) is 100 cm³/mol. The quantitative estimate of drug-likeness (QED) is 0.698. The predicted octanol–water partition coefficient (Wildman–Crippen LogP) is 4.59. The van der Waals surface area contributed by atoms with Gasteiger partial charge in [0.05, 0.1) is 12.3 Å². The van der Waals surface area contributed by atoms with Crippen molar-refractivity contribution in [1.82, 2.24) is 4.98 Å². The van der Waals surface area contributed by atoms with Crippen molar-refractivity contribution in [2.75, 3.05) is 11.9 Å². The molecule has 138 valence electrons. The van der Waals surface area contributed by atoms with Gasteiger partial charge in [-0.3, -0.25) is 4.79 Å². The normalized spacial score (nSPS) is 12.5. The summed E-state index contributed by atoms with van der Waals surface area (Å²) in [5, 5.41) is 5.16. The SMILES string of the molecule is O=C(CCc1ccc(F)c(F)c1)Nc1nc(-c2ccc3c(c2)CCO3)cs1. The van der Waals surface area contributed by atoms with Gasteiger partial charge in [-0.15, -0.1) is 11.3 Å². The second-order valence-corrected chi connectivity index (χ2v) is 7.11. The molecule has 0 aliphatic carbocycles. The number of ether oxygens (including phenoxy) is 1. The first kappa shape index (κ1) is 17.6. The molecule has 0 radical (unpaired) electrons.